The summed E-state index contributed by atoms with van der Waals surface area (Å²) in [4.78, 5) is 15.2. The van der Waals surface area contributed by atoms with Gasteiger partial charge in [0.05, 0.1) is 5.56 Å². The fourth-order valence-electron chi connectivity index (χ4n) is 7.54. The van der Waals surface area contributed by atoms with E-state index in [2.05, 4.69) is 109 Å². The number of benzene rings is 7. The summed E-state index contributed by atoms with van der Waals surface area (Å²) < 4.78 is 9.29. The lowest BCUT2D eigenvalue weighted by Crippen LogP contribution is -2.00. The summed E-state index contributed by atoms with van der Waals surface area (Å²) in [5, 5.41) is 7.17. The van der Waals surface area contributed by atoms with Gasteiger partial charge in [0.15, 0.2) is 17.5 Å². The van der Waals surface area contributed by atoms with Crippen molar-refractivity contribution >= 4 is 64.2 Å². The molecule has 222 valence electrons. The Kier molecular flexibility index (Phi) is 5.23. The third-order valence-corrected chi connectivity index (χ3v) is 10.8. The van der Waals surface area contributed by atoms with Crippen LogP contribution in [-0.4, -0.2) is 15.0 Å². The van der Waals surface area contributed by atoms with E-state index >= 15 is 0 Å². The van der Waals surface area contributed by atoms with E-state index in [1.165, 1.54) is 53.2 Å². The van der Waals surface area contributed by atoms with Gasteiger partial charge < -0.3 is 4.42 Å². The molecule has 0 amide bonds. The van der Waals surface area contributed by atoms with Crippen LogP contribution in [0.5, 0.6) is 0 Å². The SMILES string of the molecule is c1ccc(-c2nc(-c3ccc4c(c3)sc3ccccc34)nc(-c3cccc4c3oc3cc5c6c(cccc6c34)-c3ccccc3-5)n2)cc1. The highest BCUT2D eigenvalue weighted by Crippen LogP contribution is 2.51. The second kappa shape index (κ2) is 9.67. The van der Waals surface area contributed by atoms with E-state index in [4.69, 9.17) is 19.4 Å². The average molecular weight is 630 g/mol. The Morgan fingerprint density at radius 2 is 1.04 bits per heavy atom. The van der Waals surface area contributed by atoms with Gasteiger partial charge in [0.2, 0.25) is 0 Å². The van der Waals surface area contributed by atoms with E-state index in [1.807, 2.05) is 30.3 Å². The van der Waals surface area contributed by atoms with E-state index < -0.39 is 0 Å². The van der Waals surface area contributed by atoms with Crippen molar-refractivity contribution in [3.8, 4) is 56.4 Å². The second-order valence-corrected chi connectivity index (χ2v) is 13.4. The number of fused-ring (bicyclic) bond motifs is 10. The van der Waals surface area contributed by atoms with E-state index in [0.717, 1.165) is 38.6 Å². The zero-order valence-electron chi connectivity index (χ0n) is 25.4. The second-order valence-electron chi connectivity index (χ2n) is 12.3. The van der Waals surface area contributed by atoms with Crippen molar-refractivity contribution in [1.82, 2.24) is 15.0 Å². The van der Waals surface area contributed by atoms with E-state index in [0.29, 0.717) is 17.5 Å². The molecule has 0 unspecified atom stereocenters. The van der Waals surface area contributed by atoms with Crippen molar-refractivity contribution in [2.45, 2.75) is 0 Å². The first kappa shape index (κ1) is 26.0. The highest BCUT2D eigenvalue weighted by molar-refractivity contribution is 7.25. The first-order chi connectivity index (χ1) is 23.8. The van der Waals surface area contributed by atoms with Crippen molar-refractivity contribution < 1.29 is 4.42 Å². The summed E-state index contributed by atoms with van der Waals surface area (Å²) in [7, 11) is 0. The summed E-state index contributed by atoms with van der Waals surface area (Å²) in [5.41, 5.74) is 9.39. The Labute approximate surface area is 278 Å². The molecular formula is C43H23N3OS. The van der Waals surface area contributed by atoms with Crippen molar-refractivity contribution in [3.63, 3.8) is 0 Å². The van der Waals surface area contributed by atoms with Gasteiger partial charge in [-0.2, -0.15) is 0 Å². The van der Waals surface area contributed by atoms with Crippen LogP contribution >= 0.6 is 11.3 Å². The van der Waals surface area contributed by atoms with Crippen LogP contribution in [0, 0.1) is 0 Å². The lowest BCUT2D eigenvalue weighted by molar-refractivity contribution is 0.670. The van der Waals surface area contributed by atoms with Gasteiger partial charge in [0.1, 0.15) is 11.2 Å². The topological polar surface area (TPSA) is 51.8 Å². The van der Waals surface area contributed by atoms with Gasteiger partial charge in [0.25, 0.3) is 0 Å². The summed E-state index contributed by atoms with van der Waals surface area (Å²) in [6, 6.07) is 48.9. The fraction of sp³-hybridized carbons (Fsp3) is 0. The molecule has 1 aliphatic carbocycles. The minimum absolute atomic E-state index is 0.586. The number of hydrogen-bond donors (Lipinski definition) is 0. The molecule has 11 rings (SSSR count). The quantitative estimate of drug-likeness (QED) is 0.195. The van der Waals surface area contributed by atoms with Crippen LogP contribution in [0.15, 0.2) is 144 Å². The molecule has 48 heavy (non-hydrogen) atoms. The maximum Gasteiger partial charge on any atom is 0.167 e. The summed E-state index contributed by atoms with van der Waals surface area (Å²) in [5.74, 6) is 1.85. The molecule has 0 saturated carbocycles. The lowest BCUT2D eigenvalue weighted by atomic mass is 9.98. The zero-order valence-corrected chi connectivity index (χ0v) is 26.3. The van der Waals surface area contributed by atoms with E-state index in [-0.39, 0.29) is 0 Å². The molecule has 0 atom stereocenters. The van der Waals surface area contributed by atoms with Gasteiger partial charge in [-0.3, -0.25) is 0 Å². The molecular weight excluding hydrogens is 607 g/mol. The first-order valence-corrected chi connectivity index (χ1v) is 16.8. The molecule has 0 spiro atoms. The molecule has 1 aliphatic rings. The Hall–Kier alpha value is -6.17. The highest BCUT2D eigenvalue weighted by Gasteiger charge is 2.25. The normalized spacial score (nSPS) is 12.2. The number of aromatic nitrogens is 3. The maximum absolute atomic E-state index is 6.81. The predicted octanol–water partition coefficient (Wildman–Crippen LogP) is 11.9. The smallest absolute Gasteiger partial charge is 0.167 e. The standard InChI is InChI=1S/C43H23N3OS/c1-2-10-24(11-3-1)41-44-42(25-20-21-29-28-14-6-7-19-36(28)48-37(29)22-25)46-43(45-41)33-18-9-17-32-39-31-16-8-15-30-26-12-4-5-13-27(26)34(38(30)31)23-35(39)47-40(32)33/h1-23H. The molecule has 0 bridgehead atoms. The first-order valence-electron chi connectivity index (χ1n) is 16.0. The maximum atomic E-state index is 6.81. The Morgan fingerprint density at radius 3 is 1.92 bits per heavy atom. The Balaban J connectivity index is 1.16. The van der Waals surface area contributed by atoms with Crippen molar-refractivity contribution in [2.75, 3.05) is 0 Å². The van der Waals surface area contributed by atoms with Crippen LogP contribution in [0.25, 0.3) is 109 Å². The number of thiophene rings is 1. The number of furan rings is 1. The molecule has 0 saturated heterocycles. The summed E-state index contributed by atoms with van der Waals surface area (Å²) >= 11 is 1.79. The monoisotopic (exact) mass is 629 g/mol. The van der Waals surface area contributed by atoms with Crippen LogP contribution in [0.4, 0.5) is 0 Å². The number of para-hydroxylation sites is 1. The Bertz CT molecular complexity index is 2960. The number of hydrogen-bond acceptors (Lipinski definition) is 5. The van der Waals surface area contributed by atoms with Gasteiger partial charge in [0, 0.05) is 42.1 Å². The van der Waals surface area contributed by atoms with Crippen LogP contribution in [0.3, 0.4) is 0 Å². The van der Waals surface area contributed by atoms with Gasteiger partial charge in [-0.15, -0.1) is 11.3 Å². The molecule has 5 heteroatoms. The van der Waals surface area contributed by atoms with E-state index in [1.54, 1.807) is 11.3 Å². The molecule has 3 aromatic heterocycles. The highest BCUT2D eigenvalue weighted by atomic mass is 32.1. The van der Waals surface area contributed by atoms with Crippen LogP contribution in [0.2, 0.25) is 0 Å². The van der Waals surface area contributed by atoms with Crippen LogP contribution < -0.4 is 0 Å². The molecule has 4 nitrogen and oxygen atoms in total. The van der Waals surface area contributed by atoms with Gasteiger partial charge >= 0.3 is 0 Å². The van der Waals surface area contributed by atoms with E-state index in [9.17, 15) is 0 Å². The van der Waals surface area contributed by atoms with Gasteiger partial charge in [-0.05, 0) is 57.3 Å². The molecule has 7 aromatic carbocycles. The average Bonchev–Trinajstić information content (AvgIpc) is 3.82. The number of rotatable bonds is 3. The van der Waals surface area contributed by atoms with Crippen molar-refractivity contribution in [2.24, 2.45) is 0 Å². The Morgan fingerprint density at radius 1 is 0.396 bits per heavy atom. The minimum Gasteiger partial charge on any atom is -0.455 e. The van der Waals surface area contributed by atoms with Crippen molar-refractivity contribution in [1.29, 1.82) is 0 Å². The molecule has 0 radical (unpaired) electrons. The molecule has 0 N–H and O–H groups in total. The third kappa shape index (κ3) is 3.62. The molecule has 10 aromatic rings. The van der Waals surface area contributed by atoms with Crippen molar-refractivity contribution in [3.05, 3.63) is 140 Å². The fourth-order valence-corrected chi connectivity index (χ4v) is 8.69. The summed E-state index contributed by atoms with van der Waals surface area (Å²) in [6.45, 7) is 0. The predicted molar refractivity (Wildman–Crippen MR) is 198 cm³/mol. The van der Waals surface area contributed by atoms with Crippen LogP contribution in [0.1, 0.15) is 0 Å². The zero-order chi connectivity index (χ0) is 31.3. The largest absolute Gasteiger partial charge is 0.455 e. The molecule has 0 fully saturated rings. The van der Waals surface area contributed by atoms with Gasteiger partial charge in [-0.1, -0.05) is 115 Å². The van der Waals surface area contributed by atoms with Crippen LogP contribution in [-0.2, 0) is 0 Å². The number of nitrogens with zero attached hydrogens (tertiary/aromatic N) is 3. The molecule has 0 aliphatic heterocycles. The lowest BCUT2D eigenvalue weighted by Gasteiger charge is -2.09. The third-order valence-electron chi connectivity index (χ3n) is 9.67. The minimum atomic E-state index is 0.586. The molecule has 3 heterocycles. The van der Waals surface area contributed by atoms with Gasteiger partial charge in [-0.25, -0.2) is 15.0 Å². The summed E-state index contributed by atoms with van der Waals surface area (Å²) in [6.07, 6.45) is 0.